The lowest BCUT2D eigenvalue weighted by Gasteiger charge is -2.23. The summed E-state index contributed by atoms with van der Waals surface area (Å²) in [4.78, 5) is 31.7. The third kappa shape index (κ3) is 9.10. The number of amides is 1. The van der Waals surface area contributed by atoms with Crippen LogP contribution < -0.4 is 5.32 Å². The molecule has 1 rings (SSSR count). The van der Waals surface area contributed by atoms with Crippen molar-refractivity contribution in [2.45, 2.75) is 39.8 Å². The van der Waals surface area contributed by atoms with Crippen LogP contribution in [0.4, 0.5) is 0 Å². The van der Waals surface area contributed by atoms with Gasteiger partial charge in [0.2, 0.25) is 5.91 Å². The number of pyridine rings is 1. The second-order valence-corrected chi connectivity index (χ2v) is 7.17. The molecule has 0 aliphatic carbocycles. The van der Waals surface area contributed by atoms with Crippen molar-refractivity contribution in [3.05, 3.63) is 36.2 Å². The number of nitrogens with zero attached hydrogens (tertiary/aromatic N) is 3. The molecule has 0 bridgehead atoms. The van der Waals surface area contributed by atoms with E-state index in [0.29, 0.717) is 31.8 Å². The lowest BCUT2D eigenvalue weighted by Crippen LogP contribution is -2.41. The van der Waals surface area contributed by atoms with E-state index in [4.69, 9.17) is 4.74 Å². The summed E-state index contributed by atoms with van der Waals surface area (Å²) in [5.74, 6) is 0.664. The zero-order valence-electron chi connectivity index (χ0n) is 17.8. The number of carbonyl (C=O) groups excluding carboxylic acids is 2. The molecule has 0 fully saturated rings. The first kappa shape index (κ1) is 23.8. The molecule has 1 aromatic heterocycles. The van der Waals surface area contributed by atoms with Gasteiger partial charge in [-0.3, -0.25) is 14.6 Å². The molecule has 7 nitrogen and oxygen atoms in total. The number of nitrogens with one attached hydrogen (secondary N) is 1. The van der Waals surface area contributed by atoms with Gasteiger partial charge in [-0.2, -0.15) is 0 Å². The molecule has 7 heteroatoms. The van der Waals surface area contributed by atoms with Crippen LogP contribution in [0.2, 0.25) is 0 Å². The quantitative estimate of drug-likeness (QED) is 0.519. The summed E-state index contributed by atoms with van der Waals surface area (Å²) in [6, 6.07) is 3.70. The standard InChI is InChI=1S/C21H34N4O3/c1-7-25(11-10-24(5)6)21(27)15-22-14-20-13-19(8-9-23-20)18(4)28-17(3)12-16(2)26/h8-9,13,17,22H,4,7,10-12,14-15H2,1-3,5-6H3. The van der Waals surface area contributed by atoms with Crippen LogP contribution in [0.1, 0.15) is 38.4 Å². The molecule has 1 aromatic rings. The maximum Gasteiger partial charge on any atom is 0.236 e. The van der Waals surface area contributed by atoms with Gasteiger partial charge >= 0.3 is 0 Å². The van der Waals surface area contributed by atoms with Crippen molar-refractivity contribution >= 4 is 17.4 Å². The van der Waals surface area contributed by atoms with E-state index in [1.165, 1.54) is 0 Å². The van der Waals surface area contributed by atoms with E-state index in [-0.39, 0.29) is 24.3 Å². The summed E-state index contributed by atoms with van der Waals surface area (Å²) in [5.41, 5.74) is 1.61. The van der Waals surface area contributed by atoms with Gasteiger partial charge in [0.05, 0.1) is 12.2 Å². The monoisotopic (exact) mass is 390 g/mol. The highest BCUT2D eigenvalue weighted by Crippen LogP contribution is 2.17. The van der Waals surface area contributed by atoms with E-state index in [0.717, 1.165) is 17.8 Å². The number of Topliss-reactive ketones (excluding diaryl/α,β-unsaturated/α-hetero) is 1. The fraction of sp³-hybridized carbons (Fsp3) is 0.571. The molecule has 1 N–H and O–H groups in total. The van der Waals surface area contributed by atoms with Crippen LogP contribution in [0.25, 0.3) is 5.76 Å². The topological polar surface area (TPSA) is 74.8 Å². The lowest BCUT2D eigenvalue weighted by atomic mass is 10.2. The maximum absolute atomic E-state index is 12.3. The lowest BCUT2D eigenvalue weighted by molar-refractivity contribution is -0.130. The Morgan fingerprint density at radius 1 is 1.32 bits per heavy atom. The molecule has 0 saturated carbocycles. The van der Waals surface area contributed by atoms with E-state index in [9.17, 15) is 9.59 Å². The van der Waals surface area contributed by atoms with Crippen LogP contribution in [-0.4, -0.2) is 72.9 Å². The summed E-state index contributed by atoms with van der Waals surface area (Å²) in [7, 11) is 3.99. The van der Waals surface area contributed by atoms with Crippen LogP contribution in [-0.2, 0) is 20.9 Å². The number of likely N-dealkylation sites (N-methyl/N-ethyl adjacent to an activating group) is 2. The minimum absolute atomic E-state index is 0.0753. The number of ether oxygens (including phenoxy) is 1. The fourth-order valence-electron chi connectivity index (χ4n) is 2.69. The molecule has 1 unspecified atom stereocenters. The third-order valence-corrected chi connectivity index (χ3v) is 4.19. The number of hydrogen-bond donors (Lipinski definition) is 1. The Balaban J connectivity index is 2.53. The van der Waals surface area contributed by atoms with Crippen LogP contribution in [0.15, 0.2) is 24.9 Å². The highest BCUT2D eigenvalue weighted by molar-refractivity contribution is 5.78. The molecule has 1 atom stereocenters. The normalized spacial score (nSPS) is 11.9. The fourth-order valence-corrected chi connectivity index (χ4v) is 2.69. The molecule has 28 heavy (non-hydrogen) atoms. The van der Waals surface area contributed by atoms with Crippen molar-refractivity contribution in [2.75, 3.05) is 40.3 Å². The van der Waals surface area contributed by atoms with Gasteiger partial charge in [0.1, 0.15) is 17.6 Å². The van der Waals surface area contributed by atoms with Gasteiger partial charge in [-0.05, 0) is 47.0 Å². The van der Waals surface area contributed by atoms with E-state index in [2.05, 4.69) is 21.8 Å². The number of rotatable bonds is 13. The first-order chi connectivity index (χ1) is 13.2. The van der Waals surface area contributed by atoms with Gasteiger partial charge in [-0.25, -0.2) is 0 Å². The molecule has 1 heterocycles. The average molecular weight is 391 g/mol. The smallest absolute Gasteiger partial charge is 0.236 e. The van der Waals surface area contributed by atoms with Gasteiger partial charge in [-0.1, -0.05) is 6.58 Å². The largest absolute Gasteiger partial charge is 0.490 e. The van der Waals surface area contributed by atoms with Gasteiger partial charge in [-0.15, -0.1) is 0 Å². The molecular weight excluding hydrogens is 356 g/mol. The molecule has 0 spiro atoms. The maximum atomic E-state index is 12.3. The number of carbonyl (C=O) groups is 2. The average Bonchev–Trinajstić information content (AvgIpc) is 2.61. The minimum Gasteiger partial charge on any atom is -0.490 e. The minimum atomic E-state index is -0.223. The van der Waals surface area contributed by atoms with E-state index >= 15 is 0 Å². The summed E-state index contributed by atoms with van der Waals surface area (Å²) in [6.07, 6.45) is 1.82. The predicted molar refractivity (Wildman–Crippen MR) is 112 cm³/mol. The Kier molecular flexibility index (Phi) is 10.4. The number of ketones is 1. The molecular formula is C21H34N4O3. The summed E-state index contributed by atoms with van der Waals surface area (Å²) in [5, 5.41) is 3.15. The van der Waals surface area contributed by atoms with Crippen molar-refractivity contribution in [1.82, 2.24) is 20.1 Å². The van der Waals surface area contributed by atoms with Gasteiger partial charge in [0, 0.05) is 44.4 Å². The van der Waals surface area contributed by atoms with Crippen molar-refractivity contribution in [3.8, 4) is 0 Å². The van der Waals surface area contributed by atoms with Crippen molar-refractivity contribution in [1.29, 1.82) is 0 Å². The molecule has 156 valence electrons. The second-order valence-electron chi connectivity index (χ2n) is 7.17. The molecule has 0 aliphatic heterocycles. The highest BCUT2D eigenvalue weighted by Gasteiger charge is 2.12. The Bertz CT molecular complexity index is 661. The van der Waals surface area contributed by atoms with Gasteiger partial charge in [0.25, 0.3) is 0 Å². The summed E-state index contributed by atoms with van der Waals surface area (Å²) < 4.78 is 5.71. The third-order valence-electron chi connectivity index (χ3n) is 4.19. The van der Waals surface area contributed by atoms with Gasteiger partial charge < -0.3 is 19.9 Å². The molecule has 1 amide bonds. The van der Waals surface area contributed by atoms with Crippen LogP contribution in [0, 0.1) is 0 Å². The molecule has 0 radical (unpaired) electrons. The van der Waals surface area contributed by atoms with Crippen LogP contribution in [0.3, 0.4) is 0 Å². The van der Waals surface area contributed by atoms with E-state index < -0.39 is 0 Å². The highest BCUT2D eigenvalue weighted by atomic mass is 16.5. The second kappa shape index (κ2) is 12.3. The van der Waals surface area contributed by atoms with Crippen molar-refractivity contribution in [3.63, 3.8) is 0 Å². The van der Waals surface area contributed by atoms with Crippen LogP contribution >= 0.6 is 0 Å². The van der Waals surface area contributed by atoms with Crippen molar-refractivity contribution in [2.24, 2.45) is 0 Å². The molecule has 0 aliphatic rings. The Hall–Kier alpha value is -2.25. The molecule has 0 saturated heterocycles. The number of hydrogen-bond acceptors (Lipinski definition) is 6. The van der Waals surface area contributed by atoms with Crippen molar-refractivity contribution < 1.29 is 14.3 Å². The zero-order valence-corrected chi connectivity index (χ0v) is 17.8. The van der Waals surface area contributed by atoms with E-state index in [1.807, 2.05) is 45.0 Å². The number of aromatic nitrogens is 1. The predicted octanol–water partition coefficient (Wildman–Crippen LogP) is 1.94. The summed E-state index contributed by atoms with van der Waals surface area (Å²) in [6.45, 7) is 12.3. The Morgan fingerprint density at radius 3 is 2.64 bits per heavy atom. The first-order valence-corrected chi connectivity index (χ1v) is 9.66. The Morgan fingerprint density at radius 2 is 2.04 bits per heavy atom. The van der Waals surface area contributed by atoms with E-state index in [1.54, 1.807) is 13.1 Å². The summed E-state index contributed by atoms with van der Waals surface area (Å²) >= 11 is 0. The van der Waals surface area contributed by atoms with Gasteiger partial charge in [0.15, 0.2) is 0 Å². The first-order valence-electron chi connectivity index (χ1n) is 9.66. The zero-order chi connectivity index (χ0) is 21.1. The Labute approximate surface area is 168 Å². The molecule has 0 aromatic carbocycles. The van der Waals surface area contributed by atoms with Crippen LogP contribution in [0.5, 0.6) is 0 Å². The SMILES string of the molecule is C=C(OC(C)CC(C)=O)c1ccnc(CNCC(=O)N(CC)CCN(C)C)c1.